The van der Waals surface area contributed by atoms with Crippen LogP contribution in [0.5, 0.6) is 0 Å². The molecular formula is C12H16Si. The Morgan fingerprint density at radius 3 is 2.08 bits per heavy atom. The molecule has 0 nitrogen and oxygen atoms in total. The molecule has 0 bridgehead atoms. The van der Waals surface area contributed by atoms with E-state index in [1.165, 1.54) is 5.56 Å². The van der Waals surface area contributed by atoms with Gasteiger partial charge in [0.15, 0.2) is 0 Å². The quantitative estimate of drug-likeness (QED) is 0.493. The van der Waals surface area contributed by atoms with E-state index in [1.807, 2.05) is 6.07 Å². The second-order valence-electron chi connectivity index (χ2n) is 4.38. The summed E-state index contributed by atoms with van der Waals surface area (Å²) in [5.41, 5.74) is 1.64. The van der Waals surface area contributed by atoms with Crippen molar-refractivity contribution in [2.24, 2.45) is 0 Å². The van der Waals surface area contributed by atoms with E-state index in [9.17, 15) is 0 Å². The van der Waals surface area contributed by atoms with E-state index < -0.39 is 8.07 Å². The summed E-state index contributed by atoms with van der Waals surface area (Å²) in [4.78, 5) is 0. The van der Waals surface area contributed by atoms with Crippen molar-refractivity contribution >= 4 is 8.07 Å². The standard InChI is InChI=1S/C12H16Si/c1-5-12(13(2,3)4)11-9-7-6-8-10-11/h1,6-10,12H,2-4H3. The van der Waals surface area contributed by atoms with Crippen LogP contribution in [0.1, 0.15) is 11.1 Å². The third-order valence-electron chi connectivity index (χ3n) is 2.17. The Morgan fingerprint density at radius 1 is 1.15 bits per heavy atom. The van der Waals surface area contributed by atoms with Crippen LogP contribution < -0.4 is 0 Å². The molecule has 1 aromatic rings. The van der Waals surface area contributed by atoms with E-state index in [-0.39, 0.29) is 0 Å². The van der Waals surface area contributed by atoms with Crippen LogP contribution in [-0.2, 0) is 0 Å². The van der Waals surface area contributed by atoms with Crippen molar-refractivity contribution in [2.45, 2.75) is 25.2 Å². The molecule has 0 saturated carbocycles. The van der Waals surface area contributed by atoms with E-state index in [0.29, 0.717) is 5.54 Å². The average Bonchev–Trinajstić information content (AvgIpc) is 2.05. The molecule has 0 aliphatic carbocycles. The lowest BCUT2D eigenvalue weighted by atomic mass is 10.1. The molecule has 0 saturated heterocycles. The molecule has 1 heteroatoms. The van der Waals surface area contributed by atoms with E-state index in [0.717, 1.165) is 0 Å². The Hall–Kier alpha value is -1.00. The second-order valence-corrected chi connectivity index (χ2v) is 9.69. The normalized spacial score (nSPS) is 13.4. The highest BCUT2D eigenvalue weighted by molar-refractivity contribution is 6.78. The van der Waals surface area contributed by atoms with Gasteiger partial charge in [-0.05, 0) is 5.56 Å². The minimum atomic E-state index is -1.26. The fraction of sp³-hybridized carbons (Fsp3) is 0.333. The summed E-state index contributed by atoms with van der Waals surface area (Å²) in [6, 6.07) is 10.4. The second kappa shape index (κ2) is 3.80. The molecule has 1 rings (SSSR count). The van der Waals surface area contributed by atoms with Crippen molar-refractivity contribution in [1.82, 2.24) is 0 Å². The van der Waals surface area contributed by atoms with Crippen LogP contribution in [0.25, 0.3) is 0 Å². The van der Waals surface area contributed by atoms with Gasteiger partial charge in [-0.25, -0.2) is 0 Å². The maximum absolute atomic E-state index is 5.58. The van der Waals surface area contributed by atoms with E-state index in [4.69, 9.17) is 6.42 Å². The Bertz CT molecular complexity index is 300. The van der Waals surface area contributed by atoms with Gasteiger partial charge in [0, 0.05) is 5.54 Å². The van der Waals surface area contributed by atoms with Gasteiger partial charge in [-0.3, -0.25) is 0 Å². The summed E-state index contributed by atoms with van der Waals surface area (Å²) >= 11 is 0. The molecule has 1 atom stereocenters. The smallest absolute Gasteiger partial charge is 0.0668 e. The van der Waals surface area contributed by atoms with Crippen molar-refractivity contribution in [3.63, 3.8) is 0 Å². The Balaban J connectivity index is 3.01. The molecule has 1 aromatic carbocycles. The van der Waals surface area contributed by atoms with Crippen molar-refractivity contribution in [3.05, 3.63) is 35.9 Å². The molecule has 0 heterocycles. The topological polar surface area (TPSA) is 0 Å². The van der Waals surface area contributed by atoms with E-state index >= 15 is 0 Å². The highest BCUT2D eigenvalue weighted by atomic mass is 28.3. The fourth-order valence-corrected chi connectivity index (χ4v) is 3.18. The Kier molecular flexibility index (Phi) is 2.95. The number of rotatable bonds is 2. The third kappa shape index (κ3) is 2.47. The summed E-state index contributed by atoms with van der Waals surface area (Å²) in [6.45, 7) is 6.93. The lowest BCUT2D eigenvalue weighted by molar-refractivity contribution is 1.18. The zero-order valence-corrected chi connectivity index (χ0v) is 9.54. The van der Waals surface area contributed by atoms with Gasteiger partial charge in [0.2, 0.25) is 0 Å². The first-order chi connectivity index (χ1) is 6.05. The van der Waals surface area contributed by atoms with Crippen LogP contribution in [0.4, 0.5) is 0 Å². The predicted molar refractivity (Wildman–Crippen MR) is 61.4 cm³/mol. The maximum Gasteiger partial charge on any atom is 0.0668 e. The first-order valence-corrected chi connectivity index (χ1v) is 8.14. The highest BCUT2D eigenvalue weighted by Crippen LogP contribution is 2.25. The fourth-order valence-electron chi connectivity index (χ4n) is 1.49. The van der Waals surface area contributed by atoms with Crippen molar-refractivity contribution in [3.8, 4) is 12.3 Å². The molecule has 0 amide bonds. The highest BCUT2D eigenvalue weighted by Gasteiger charge is 2.25. The van der Waals surface area contributed by atoms with Gasteiger partial charge in [-0.2, -0.15) is 0 Å². The number of hydrogen-bond donors (Lipinski definition) is 0. The zero-order chi connectivity index (χ0) is 9.90. The van der Waals surface area contributed by atoms with Gasteiger partial charge in [-0.15, -0.1) is 12.3 Å². The number of hydrogen-bond acceptors (Lipinski definition) is 0. The van der Waals surface area contributed by atoms with E-state index in [2.05, 4.69) is 49.8 Å². The minimum Gasteiger partial charge on any atom is -0.120 e. The monoisotopic (exact) mass is 188 g/mol. The molecule has 1 unspecified atom stereocenters. The van der Waals surface area contributed by atoms with Crippen LogP contribution in [0.2, 0.25) is 19.6 Å². The third-order valence-corrected chi connectivity index (χ3v) is 4.40. The first-order valence-electron chi connectivity index (χ1n) is 4.57. The minimum absolute atomic E-state index is 0.341. The SMILES string of the molecule is C#CC(c1ccccc1)[Si](C)(C)C. The molecule has 0 aliphatic heterocycles. The van der Waals surface area contributed by atoms with Gasteiger partial charge < -0.3 is 0 Å². The van der Waals surface area contributed by atoms with Crippen LogP contribution >= 0.6 is 0 Å². The molecule has 0 fully saturated rings. The molecule has 0 aliphatic rings. The summed E-state index contributed by atoms with van der Waals surface area (Å²) in [5.74, 6) is 2.92. The van der Waals surface area contributed by atoms with Gasteiger partial charge in [0.1, 0.15) is 0 Å². The number of benzene rings is 1. The lowest BCUT2D eigenvalue weighted by Crippen LogP contribution is -2.29. The zero-order valence-electron chi connectivity index (χ0n) is 8.54. The molecule has 0 spiro atoms. The summed E-state index contributed by atoms with van der Waals surface area (Å²) in [7, 11) is -1.26. The van der Waals surface area contributed by atoms with Gasteiger partial charge in [0.25, 0.3) is 0 Å². The predicted octanol–water partition coefficient (Wildman–Crippen LogP) is 3.28. The van der Waals surface area contributed by atoms with Crippen LogP contribution in [0, 0.1) is 12.3 Å². The van der Waals surface area contributed by atoms with Gasteiger partial charge >= 0.3 is 0 Å². The molecule has 13 heavy (non-hydrogen) atoms. The first kappa shape index (κ1) is 10.1. The molecule has 68 valence electrons. The van der Waals surface area contributed by atoms with Crippen LogP contribution in [-0.4, -0.2) is 8.07 Å². The lowest BCUT2D eigenvalue weighted by Gasteiger charge is -2.24. The maximum atomic E-state index is 5.58. The Labute approximate surface area is 82.0 Å². The molecule has 0 aromatic heterocycles. The molecule has 0 radical (unpaired) electrons. The summed E-state index contributed by atoms with van der Waals surface area (Å²) in [6.07, 6.45) is 5.58. The average molecular weight is 188 g/mol. The van der Waals surface area contributed by atoms with E-state index in [1.54, 1.807) is 0 Å². The number of terminal acetylenes is 1. The van der Waals surface area contributed by atoms with Crippen LogP contribution in [0.15, 0.2) is 30.3 Å². The van der Waals surface area contributed by atoms with Gasteiger partial charge in [0.05, 0.1) is 8.07 Å². The molecule has 0 N–H and O–H groups in total. The summed E-state index contributed by atoms with van der Waals surface area (Å²) in [5, 5.41) is 0. The summed E-state index contributed by atoms with van der Waals surface area (Å²) < 4.78 is 0. The molecular weight excluding hydrogens is 172 g/mol. The van der Waals surface area contributed by atoms with Crippen molar-refractivity contribution in [1.29, 1.82) is 0 Å². The largest absolute Gasteiger partial charge is 0.120 e. The van der Waals surface area contributed by atoms with Crippen LogP contribution in [0.3, 0.4) is 0 Å². The van der Waals surface area contributed by atoms with Gasteiger partial charge in [-0.1, -0.05) is 50.0 Å². The van der Waals surface area contributed by atoms with Crippen molar-refractivity contribution < 1.29 is 0 Å². The van der Waals surface area contributed by atoms with Crippen molar-refractivity contribution in [2.75, 3.05) is 0 Å². The Morgan fingerprint density at radius 2 is 1.69 bits per heavy atom.